The SMILES string of the molecule is O=C1CC(C(=O)N2CCC(N3CCCC3)C2)=NN1. The predicted molar refractivity (Wildman–Crippen MR) is 66.0 cm³/mol. The van der Waals surface area contributed by atoms with E-state index in [1.165, 1.54) is 12.8 Å². The number of amides is 2. The molecular formula is C12H18N4O2. The molecule has 0 radical (unpaired) electrons. The fraction of sp³-hybridized carbons (Fsp3) is 0.750. The average Bonchev–Trinajstić information content (AvgIpc) is 3.09. The normalized spacial score (nSPS) is 28.7. The van der Waals surface area contributed by atoms with Crippen LogP contribution < -0.4 is 5.43 Å². The predicted octanol–water partition coefficient (Wildman–Crippen LogP) is -0.441. The maximum absolute atomic E-state index is 12.1. The fourth-order valence-corrected chi connectivity index (χ4v) is 3.00. The number of hydrazone groups is 1. The summed E-state index contributed by atoms with van der Waals surface area (Å²) in [7, 11) is 0. The molecule has 18 heavy (non-hydrogen) atoms. The van der Waals surface area contributed by atoms with E-state index in [-0.39, 0.29) is 18.2 Å². The van der Waals surface area contributed by atoms with Crippen molar-refractivity contribution in [1.29, 1.82) is 0 Å². The van der Waals surface area contributed by atoms with Gasteiger partial charge in [0.25, 0.3) is 5.91 Å². The second-order valence-corrected chi connectivity index (χ2v) is 5.21. The van der Waals surface area contributed by atoms with E-state index >= 15 is 0 Å². The summed E-state index contributed by atoms with van der Waals surface area (Å²) in [4.78, 5) is 27.5. The van der Waals surface area contributed by atoms with Crippen LogP contribution >= 0.6 is 0 Å². The van der Waals surface area contributed by atoms with Crippen molar-refractivity contribution in [1.82, 2.24) is 15.2 Å². The number of rotatable bonds is 2. The molecular weight excluding hydrogens is 232 g/mol. The van der Waals surface area contributed by atoms with Crippen LogP contribution in [0, 0.1) is 0 Å². The summed E-state index contributed by atoms with van der Waals surface area (Å²) in [5.74, 6) is -0.260. The molecule has 3 heterocycles. The molecule has 6 heteroatoms. The Morgan fingerprint density at radius 1 is 1.28 bits per heavy atom. The Kier molecular flexibility index (Phi) is 3.03. The minimum atomic E-state index is -0.186. The van der Waals surface area contributed by atoms with Crippen LogP contribution in [0.25, 0.3) is 0 Å². The topological polar surface area (TPSA) is 65.0 Å². The monoisotopic (exact) mass is 250 g/mol. The van der Waals surface area contributed by atoms with E-state index < -0.39 is 0 Å². The van der Waals surface area contributed by atoms with Crippen molar-refractivity contribution < 1.29 is 9.59 Å². The van der Waals surface area contributed by atoms with Gasteiger partial charge in [0.1, 0.15) is 5.71 Å². The van der Waals surface area contributed by atoms with Crippen molar-refractivity contribution >= 4 is 17.5 Å². The zero-order valence-corrected chi connectivity index (χ0v) is 10.4. The van der Waals surface area contributed by atoms with Gasteiger partial charge in [-0.25, -0.2) is 5.43 Å². The molecule has 2 amide bonds. The third-order valence-electron chi connectivity index (χ3n) is 4.00. The zero-order valence-electron chi connectivity index (χ0n) is 10.4. The molecule has 0 aromatic carbocycles. The molecule has 2 saturated heterocycles. The van der Waals surface area contributed by atoms with Crippen molar-refractivity contribution in [2.24, 2.45) is 5.10 Å². The molecule has 1 N–H and O–H groups in total. The maximum Gasteiger partial charge on any atom is 0.270 e. The van der Waals surface area contributed by atoms with Gasteiger partial charge in [-0.3, -0.25) is 14.5 Å². The van der Waals surface area contributed by atoms with Gasteiger partial charge in [-0.1, -0.05) is 0 Å². The molecule has 0 aromatic heterocycles. The van der Waals surface area contributed by atoms with Gasteiger partial charge in [0.2, 0.25) is 5.91 Å². The van der Waals surface area contributed by atoms with E-state index in [9.17, 15) is 9.59 Å². The summed E-state index contributed by atoms with van der Waals surface area (Å²) in [6, 6.07) is 0.502. The molecule has 6 nitrogen and oxygen atoms in total. The first-order valence-corrected chi connectivity index (χ1v) is 6.63. The minimum Gasteiger partial charge on any atom is -0.336 e. The quantitative estimate of drug-likeness (QED) is 0.722. The van der Waals surface area contributed by atoms with Crippen LogP contribution in [0.2, 0.25) is 0 Å². The van der Waals surface area contributed by atoms with Gasteiger partial charge in [0.05, 0.1) is 6.42 Å². The molecule has 98 valence electrons. The van der Waals surface area contributed by atoms with E-state index in [1.807, 2.05) is 4.90 Å². The first-order valence-electron chi connectivity index (χ1n) is 6.63. The van der Waals surface area contributed by atoms with Crippen LogP contribution in [0.5, 0.6) is 0 Å². The summed E-state index contributed by atoms with van der Waals surface area (Å²) >= 11 is 0. The smallest absolute Gasteiger partial charge is 0.270 e. The molecule has 1 atom stereocenters. The molecule has 0 aliphatic carbocycles. The number of hydrogen-bond acceptors (Lipinski definition) is 4. The van der Waals surface area contributed by atoms with Gasteiger partial charge >= 0.3 is 0 Å². The van der Waals surface area contributed by atoms with Gasteiger partial charge in [-0.2, -0.15) is 5.10 Å². The van der Waals surface area contributed by atoms with Crippen LogP contribution in [0.4, 0.5) is 0 Å². The first kappa shape index (κ1) is 11.6. The highest BCUT2D eigenvalue weighted by Gasteiger charge is 2.34. The second-order valence-electron chi connectivity index (χ2n) is 5.21. The van der Waals surface area contributed by atoms with Crippen molar-refractivity contribution in [3.05, 3.63) is 0 Å². The summed E-state index contributed by atoms with van der Waals surface area (Å²) in [6.07, 6.45) is 3.72. The lowest BCUT2D eigenvalue weighted by molar-refractivity contribution is -0.124. The molecule has 0 bridgehead atoms. The minimum absolute atomic E-state index is 0.0740. The zero-order chi connectivity index (χ0) is 12.5. The maximum atomic E-state index is 12.1. The third-order valence-corrected chi connectivity index (χ3v) is 4.00. The highest BCUT2D eigenvalue weighted by Crippen LogP contribution is 2.21. The third kappa shape index (κ3) is 2.12. The summed E-state index contributed by atoms with van der Waals surface area (Å²) in [5.41, 5.74) is 2.69. The van der Waals surface area contributed by atoms with E-state index in [0.29, 0.717) is 11.8 Å². The van der Waals surface area contributed by atoms with Crippen LogP contribution in [-0.2, 0) is 9.59 Å². The average molecular weight is 250 g/mol. The Bertz CT molecular complexity index is 401. The Hall–Kier alpha value is -1.43. The lowest BCUT2D eigenvalue weighted by atomic mass is 10.2. The van der Waals surface area contributed by atoms with Gasteiger partial charge in [-0.05, 0) is 32.4 Å². The Balaban J connectivity index is 1.58. The van der Waals surface area contributed by atoms with Crippen molar-refractivity contribution in [3.8, 4) is 0 Å². The number of hydrogen-bond donors (Lipinski definition) is 1. The van der Waals surface area contributed by atoms with E-state index in [1.54, 1.807) is 0 Å². The van der Waals surface area contributed by atoms with Crippen molar-refractivity contribution in [3.63, 3.8) is 0 Å². The van der Waals surface area contributed by atoms with Crippen LogP contribution in [0.15, 0.2) is 5.10 Å². The lowest BCUT2D eigenvalue weighted by Gasteiger charge is -2.23. The molecule has 0 saturated carbocycles. The van der Waals surface area contributed by atoms with Gasteiger partial charge in [0.15, 0.2) is 0 Å². The van der Waals surface area contributed by atoms with Gasteiger partial charge < -0.3 is 4.90 Å². The number of carbonyl (C=O) groups is 2. The second kappa shape index (κ2) is 4.68. The van der Waals surface area contributed by atoms with E-state index in [4.69, 9.17) is 0 Å². The molecule has 3 aliphatic rings. The molecule has 3 aliphatic heterocycles. The Morgan fingerprint density at radius 2 is 2.06 bits per heavy atom. The van der Waals surface area contributed by atoms with Crippen LogP contribution in [-0.4, -0.2) is 59.5 Å². The van der Waals surface area contributed by atoms with Gasteiger partial charge in [0, 0.05) is 19.1 Å². The number of nitrogens with one attached hydrogen (secondary N) is 1. The van der Waals surface area contributed by atoms with Crippen molar-refractivity contribution in [2.45, 2.75) is 31.7 Å². The highest BCUT2D eigenvalue weighted by molar-refractivity contribution is 6.43. The number of nitrogens with zero attached hydrogens (tertiary/aromatic N) is 3. The number of likely N-dealkylation sites (tertiary alicyclic amines) is 2. The first-order chi connectivity index (χ1) is 8.74. The molecule has 2 fully saturated rings. The Morgan fingerprint density at radius 3 is 2.72 bits per heavy atom. The standard InChI is InChI=1S/C12H18N4O2/c17-11-7-10(13-14-11)12(18)16-6-3-9(8-16)15-4-1-2-5-15/h9H,1-8H2,(H,14,17). The summed E-state index contributed by atoms with van der Waals surface area (Å²) in [5, 5.41) is 3.80. The van der Waals surface area contributed by atoms with E-state index in [0.717, 1.165) is 32.6 Å². The van der Waals surface area contributed by atoms with Crippen molar-refractivity contribution in [2.75, 3.05) is 26.2 Å². The fourth-order valence-electron chi connectivity index (χ4n) is 3.00. The lowest BCUT2D eigenvalue weighted by Crippen LogP contribution is -2.39. The Labute approximate surface area is 106 Å². The van der Waals surface area contributed by atoms with E-state index in [2.05, 4.69) is 15.4 Å². The van der Waals surface area contributed by atoms with Crippen LogP contribution in [0.3, 0.4) is 0 Å². The van der Waals surface area contributed by atoms with Crippen LogP contribution in [0.1, 0.15) is 25.7 Å². The highest BCUT2D eigenvalue weighted by atomic mass is 16.2. The molecule has 0 spiro atoms. The number of carbonyl (C=O) groups excluding carboxylic acids is 2. The molecule has 1 unspecified atom stereocenters. The molecule has 0 aromatic rings. The molecule has 3 rings (SSSR count). The summed E-state index contributed by atoms with van der Waals surface area (Å²) in [6.45, 7) is 3.89. The summed E-state index contributed by atoms with van der Waals surface area (Å²) < 4.78 is 0. The van der Waals surface area contributed by atoms with Gasteiger partial charge in [-0.15, -0.1) is 0 Å². The largest absolute Gasteiger partial charge is 0.336 e.